The van der Waals surface area contributed by atoms with E-state index < -0.39 is 0 Å². The average molecular weight is 415 g/mol. The van der Waals surface area contributed by atoms with Crippen molar-refractivity contribution in [2.24, 2.45) is 0 Å². The van der Waals surface area contributed by atoms with Crippen LogP contribution in [-0.4, -0.2) is 38.4 Å². The zero-order chi connectivity index (χ0) is 19.3. The summed E-state index contributed by atoms with van der Waals surface area (Å²) in [7, 11) is 0. The molecule has 1 saturated heterocycles. The van der Waals surface area contributed by atoms with Gasteiger partial charge in [0.05, 0.1) is 17.2 Å². The average Bonchev–Trinajstić information content (AvgIpc) is 2.86. The van der Waals surface area contributed by atoms with E-state index >= 15 is 0 Å². The van der Waals surface area contributed by atoms with Crippen LogP contribution in [0, 0.1) is 0 Å². The summed E-state index contributed by atoms with van der Waals surface area (Å²) in [4.78, 5) is 24.0. The summed E-state index contributed by atoms with van der Waals surface area (Å²) in [5.41, 5.74) is 2.90. The quantitative estimate of drug-likeness (QED) is 0.564. The molecule has 0 bridgehead atoms. The molecule has 28 heavy (non-hydrogen) atoms. The molecule has 146 valence electrons. The van der Waals surface area contributed by atoms with E-state index in [1.54, 1.807) is 24.2 Å². The second-order valence-electron chi connectivity index (χ2n) is 7.06. The molecule has 0 spiro atoms. The first-order valence-corrected chi connectivity index (χ1v) is 11.0. The third-order valence-corrected chi connectivity index (χ3v) is 6.31. The number of halogens is 1. The zero-order valence-electron chi connectivity index (χ0n) is 15.7. The van der Waals surface area contributed by atoms with E-state index in [9.17, 15) is 4.79 Å². The second-order valence-corrected chi connectivity index (χ2v) is 8.44. The lowest BCUT2D eigenvalue weighted by Crippen LogP contribution is -2.34. The number of carbonyl (C=O) groups is 1. The third kappa shape index (κ3) is 4.50. The number of rotatable bonds is 5. The highest BCUT2D eigenvalue weighted by Crippen LogP contribution is 2.27. The lowest BCUT2D eigenvalue weighted by Gasteiger charge is -2.21. The van der Waals surface area contributed by atoms with Gasteiger partial charge in [0.1, 0.15) is 6.54 Å². The van der Waals surface area contributed by atoms with Gasteiger partial charge in [0.2, 0.25) is 5.91 Å². The fraction of sp³-hybridized carbons (Fsp3) is 0.381. The number of imidazole rings is 1. The molecular weight excluding hydrogens is 392 g/mol. The van der Waals surface area contributed by atoms with Gasteiger partial charge >= 0.3 is 0 Å². The number of amides is 1. The van der Waals surface area contributed by atoms with Crippen LogP contribution in [0.2, 0.25) is 5.02 Å². The highest BCUT2D eigenvalue weighted by atomic mass is 35.5. The van der Waals surface area contributed by atoms with Gasteiger partial charge in [0.15, 0.2) is 5.16 Å². The second kappa shape index (κ2) is 8.97. The van der Waals surface area contributed by atoms with Crippen LogP contribution >= 0.6 is 23.4 Å². The van der Waals surface area contributed by atoms with Crippen LogP contribution in [0.15, 0.2) is 47.9 Å². The predicted octanol–water partition coefficient (Wildman–Crippen LogP) is 4.78. The van der Waals surface area contributed by atoms with Crippen molar-refractivity contribution in [3.05, 3.63) is 53.3 Å². The van der Waals surface area contributed by atoms with Crippen LogP contribution < -0.4 is 0 Å². The van der Waals surface area contributed by atoms with E-state index in [1.165, 1.54) is 12.8 Å². The summed E-state index contributed by atoms with van der Waals surface area (Å²) in [6, 6.07) is 9.73. The SMILES string of the molecule is O=C(Cn1c(SCc2cccc(Cl)c2)nc2ccncc21)N1CCCCCC1. The standard InChI is InChI=1S/C21H23ClN4OS/c22-17-7-5-6-16(12-17)15-28-21-24-18-8-9-23-13-19(18)26(21)14-20(27)25-10-3-1-2-4-11-25/h5-9,12-13H,1-4,10-11,14-15H2. The van der Waals surface area contributed by atoms with Crippen molar-refractivity contribution < 1.29 is 4.79 Å². The first kappa shape index (κ1) is 19.3. The molecule has 2 aromatic heterocycles. The number of aromatic nitrogens is 3. The molecule has 0 unspecified atom stereocenters. The summed E-state index contributed by atoms with van der Waals surface area (Å²) >= 11 is 7.72. The first-order chi connectivity index (χ1) is 13.7. The monoisotopic (exact) mass is 414 g/mol. The molecule has 1 aliphatic rings. The predicted molar refractivity (Wildman–Crippen MR) is 114 cm³/mol. The van der Waals surface area contributed by atoms with E-state index in [4.69, 9.17) is 16.6 Å². The number of pyridine rings is 1. The van der Waals surface area contributed by atoms with Crippen LogP contribution in [0.1, 0.15) is 31.2 Å². The minimum Gasteiger partial charge on any atom is -0.341 e. The van der Waals surface area contributed by atoms with E-state index in [0.717, 1.165) is 58.5 Å². The molecule has 0 radical (unpaired) electrons. The van der Waals surface area contributed by atoms with E-state index in [-0.39, 0.29) is 5.91 Å². The normalized spacial score (nSPS) is 15.0. The highest BCUT2D eigenvalue weighted by molar-refractivity contribution is 7.98. The highest BCUT2D eigenvalue weighted by Gasteiger charge is 2.19. The van der Waals surface area contributed by atoms with Crippen molar-refractivity contribution in [1.29, 1.82) is 0 Å². The molecule has 1 fully saturated rings. The Labute approximate surface area is 174 Å². The number of benzene rings is 1. The van der Waals surface area contributed by atoms with Crippen LogP contribution in [-0.2, 0) is 17.1 Å². The number of likely N-dealkylation sites (tertiary alicyclic amines) is 1. The van der Waals surface area contributed by atoms with Crippen molar-refractivity contribution >= 4 is 40.3 Å². The van der Waals surface area contributed by atoms with Crippen LogP contribution in [0.5, 0.6) is 0 Å². The van der Waals surface area contributed by atoms with Crippen LogP contribution in [0.4, 0.5) is 0 Å². The Morgan fingerprint density at radius 3 is 2.75 bits per heavy atom. The Balaban J connectivity index is 1.57. The molecule has 5 nitrogen and oxygen atoms in total. The van der Waals surface area contributed by atoms with Gasteiger partial charge in [-0.05, 0) is 36.6 Å². The van der Waals surface area contributed by atoms with Gasteiger partial charge in [-0.15, -0.1) is 0 Å². The number of carbonyl (C=O) groups excluding carboxylic acids is 1. The molecule has 0 N–H and O–H groups in total. The fourth-order valence-electron chi connectivity index (χ4n) is 3.54. The van der Waals surface area contributed by atoms with Gasteiger partial charge in [-0.2, -0.15) is 0 Å². The van der Waals surface area contributed by atoms with E-state index in [2.05, 4.69) is 11.1 Å². The summed E-state index contributed by atoms with van der Waals surface area (Å²) < 4.78 is 2.00. The van der Waals surface area contributed by atoms with Gasteiger partial charge in [-0.3, -0.25) is 9.78 Å². The summed E-state index contributed by atoms with van der Waals surface area (Å²) in [6.07, 6.45) is 8.14. The third-order valence-electron chi connectivity index (χ3n) is 5.02. The molecule has 0 saturated carbocycles. The maximum atomic E-state index is 13.0. The molecule has 0 atom stereocenters. The molecule has 3 heterocycles. The lowest BCUT2D eigenvalue weighted by atomic mass is 10.2. The Morgan fingerprint density at radius 1 is 1.14 bits per heavy atom. The van der Waals surface area contributed by atoms with Gasteiger partial charge in [0.25, 0.3) is 0 Å². The topological polar surface area (TPSA) is 51.0 Å². The molecule has 3 aromatic rings. The Kier molecular flexibility index (Phi) is 6.17. The van der Waals surface area contributed by atoms with Gasteiger partial charge in [0, 0.05) is 30.1 Å². The summed E-state index contributed by atoms with van der Waals surface area (Å²) in [6.45, 7) is 2.02. The van der Waals surface area contributed by atoms with Crippen molar-refractivity contribution in [1.82, 2.24) is 19.4 Å². The fourth-order valence-corrected chi connectivity index (χ4v) is 4.71. The van der Waals surface area contributed by atoms with Gasteiger partial charge in [-0.25, -0.2) is 4.98 Å². The molecule has 1 amide bonds. The maximum Gasteiger partial charge on any atom is 0.242 e. The molecule has 1 aliphatic heterocycles. The first-order valence-electron chi connectivity index (χ1n) is 9.66. The number of thioether (sulfide) groups is 1. The number of fused-ring (bicyclic) bond motifs is 1. The largest absolute Gasteiger partial charge is 0.341 e. The Bertz CT molecular complexity index is 966. The molecule has 1 aromatic carbocycles. The maximum absolute atomic E-state index is 13.0. The van der Waals surface area contributed by atoms with E-state index in [0.29, 0.717) is 6.54 Å². The van der Waals surface area contributed by atoms with Crippen molar-refractivity contribution in [2.75, 3.05) is 13.1 Å². The van der Waals surface area contributed by atoms with Crippen molar-refractivity contribution in [3.8, 4) is 0 Å². The number of hydrogen-bond acceptors (Lipinski definition) is 4. The van der Waals surface area contributed by atoms with Crippen LogP contribution in [0.3, 0.4) is 0 Å². The molecule has 4 rings (SSSR count). The van der Waals surface area contributed by atoms with E-state index in [1.807, 2.05) is 33.7 Å². The molecular formula is C21H23ClN4OS. The van der Waals surface area contributed by atoms with Gasteiger partial charge in [-0.1, -0.05) is 48.3 Å². The lowest BCUT2D eigenvalue weighted by molar-refractivity contribution is -0.131. The Hall–Kier alpha value is -2.05. The summed E-state index contributed by atoms with van der Waals surface area (Å²) in [5, 5.41) is 1.57. The molecule has 0 aliphatic carbocycles. The van der Waals surface area contributed by atoms with Crippen molar-refractivity contribution in [2.45, 2.75) is 43.1 Å². The number of nitrogens with zero attached hydrogens (tertiary/aromatic N) is 4. The smallest absolute Gasteiger partial charge is 0.242 e. The van der Waals surface area contributed by atoms with Crippen LogP contribution in [0.25, 0.3) is 11.0 Å². The Morgan fingerprint density at radius 2 is 1.96 bits per heavy atom. The minimum atomic E-state index is 0.162. The zero-order valence-corrected chi connectivity index (χ0v) is 17.3. The summed E-state index contributed by atoms with van der Waals surface area (Å²) in [5.74, 6) is 0.907. The van der Waals surface area contributed by atoms with Crippen molar-refractivity contribution in [3.63, 3.8) is 0 Å². The van der Waals surface area contributed by atoms with Gasteiger partial charge < -0.3 is 9.47 Å². The minimum absolute atomic E-state index is 0.162. The molecule has 7 heteroatoms. The number of hydrogen-bond donors (Lipinski definition) is 0.